The summed E-state index contributed by atoms with van der Waals surface area (Å²) < 4.78 is 22.3. The second kappa shape index (κ2) is 7.63. The third-order valence-electron chi connectivity index (χ3n) is 3.09. The van der Waals surface area contributed by atoms with Gasteiger partial charge in [0.05, 0.1) is 10.6 Å². The Morgan fingerprint density at radius 3 is 2.26 bits per heavy atom. The van der Waals surface area contributed by atoms with Crippen molar-refractivity contribution in [3.8, 4) is 0 Å². The lowest BCUT2D eigenvalue weighted by Crippen LogP contribution is -2.15. The van der Waals surface area contributed by atoms with E-state index >= 15 is 0 Å². The van der Waals surface area contributed by atoms with Crippen molar-refractivity contribution in [2.24, 2.45) is 5.14 Å². The van der Waals surface area contributed by atoms with E-state index in [0.717, 1.165) is 5.75 Å². The SMILES string of the molecule is Cc1ccc(CSCC(=O)Nc2ccc(S(N)(=O)=O)cc2)cc1. The number of rotatable bonds is 6. The summed E-state index contributed by atoms with van der Waals surface area (Å²) in [6, 6.07) is 13.9. The van der Waals surface area contributed by atoms with E-state index < -0.39 is 10.0 Å². The zero-order chi connectivity index (χ0) is 16.9. The van der Waals surface area contributed by atoms with Crippen molar-refractivity contribution in [1.29, 1.82) is 0 Å². The van der Waals surface area contributed by atoms with Crippen LogP contribution < -0.4 is 10.5 Å². The maximum absolute atomic E-state index is 11.9. The second-order valence-corrected chi connectivity index (χ2v) is 7.64. The van der Waals surface area contributed by atoms with E-state index in [4.69, 9.17) is 5.14 Å². The molecule has 0 saturated heterocycles. The van der Waals surface area contributed by atoms with Gasteiger partial charge in [0.15, 0.2) is 0 Å². The van der Waals surface area contributed by atoms with Gasteiger partial charge in [0, 0.05) is 11.4 Å². The van der Waals surface area contributed by atoms with Crippen LogP contribution in [-0.2, 0) is 20.6 Å². The molecule has 1 amide bonds. The highest BCUT2D eigenvalue weighted by Crippen LogP contribution is 2.15. The summed E-state index contributed by atoms with van der Waals surface area (Å²) in [4.78, 5) is 11.9. The second-order valence-electron chi connectivity index (χ2n) is 5.10. The summed E-state index contributed by atoms with van der Waals surface area (Å²) in [5.41, 5.74) is 2.92. The molecular formula is C16H18N2O3S2. The molecule has 2 aromatic carbocycles. The molecule has 0 aliphatic carbocycles. The number of thioether (sulfide) groups is 1. The Hall–Kier alpha value is -1.83. The molecule has 122 valence electrons. The fraction of sp³-hybridized carbons (Fsp3) is 0.188. The van der Waals surface area contributed by atoms with Crippen molar-refractivity contribution in [3.63, 3.8) is 0 Å². The number of hydrogen-bond donors (Lipinski definition) is 2. The molecule has 0 saturated carbocycles. The van der Waals surface area contributed by atoms with Crippen LogP contribution in [0.2, 0.25) is 0 Å². The highest BCUT2D eigenvalue weighted by molar-refractivity contribution is 7.99. The van der Waals surface area contributed by atoms with Gasteiger partial charge in [0.1, 0.15) is 0 Å². The maximum Gasteiger partial charge on any atom is 0.238 e. The molecule has 0 aliphatic rings. The quantitative estimate of drug-likeness (QED) is 0.838. The first kappa shape index (κ1) is 17.5. The first-order valence-electron chi connectivity index (χ1n) is 6.90. The van der Waals surface area contributed by atoms with Crippen LogP contribution in [0.3, 0.4) is 0 Å². The average Bonchev–Trinajstić information content (AvgIpc) is 2.49. The molecule has 0 heterocycles. The number of nitrogens with one attached hydrogen (secondary N) is 1. The van der Waals surface area contributed by atoms with E-state index in [0.29, 0.717) is 11.4 Å². The van der Waals surface area contributed by atoms with Crippen molar-refractivity contribution in [1.82, 2.24) is 0 Å². The third-order valence-corrected chi connectivity index (χ3v) is 5.02. The molecule has 0 radical (unpaired) electrons. The van der Waals surface area contributed by atoms with Crippen LogP contribution in [0.5, 0.6) is 0 Å². The molecule has 2 aromatic rings. The Labute approximate surface area is 140 Å². The predicted octanol–water partition coefficient (Wildman–Crippen LogP) is 2.51. The zero-order valence-corrected chi connectivity index (χ0v) is 14.3. The molecule has 0 fully saturated rings. The Morgan fingerprint density at radius 2 is 1.70 bits per heavy atom. The number of carbonyl (C=O) groups excluding carboxylic acids is 1. The van der Waals surface area contributed by atoms with Crippen LogP contribution in [-0.4, -0.2) is 20.1 Å². The van der Waals surface area contributed by atoms with Crippen LogP contribution in [0.15, 0.2) is 53.4 Å². The molecular weight excluding hydrogens is 332 g/mol. The minimum absolute atomic E-state index is 0.0178. The number of nitrogens with two attached hydrogens (primary N) is 1. The lowest BCUT2D eigenvalue weighted by molar-refractivity contribution is -0.113. The molecule has 2 rings (SSSR count). The minimum atomic E-state index is -3.71. The number of benzene rings is 2. The summed E-state index contributed by atoms with van der Waals surface area (Å²) in [7, 11) is -3.71. The maximum atomic E-state index is 11.9. The normalized spacial score (nSPS) is 11.2. The van der Waals surface area contributed by atoms with E-state index in [1.807, 2.05) is 31.2 Å². The van der Waals surface area contributed by atoms with Gasteiger partial charge in [-0.2, -0.15) is 0 Å². The Balaban J connectivity index is 1.81. The Kier molecular flexibility index (Phi) is 5.81. The van der Waals surface area contributed by atoms with E-state index in [-0.39, 0.29) is 10.8 Å². The fourth-order valence-electron chi connectivity index (χ4n) is 1.87. The number of hydrogen-bond acceptors (Lipinski definition) is 4. The van der Waals surface area contributed by atoms with Crippen LogP contribution in [0.1, 0.15) is 11.1 Å². The first-order valence-corrected chi connectivity index (χ1v) is 9.61. The Bertz CT molecular complexity index is 770. The first-order chi connectivity index (χ1) is 10.8. The van der Waals surface area contributed by atoms with Crippen molar-refractivity contribution < 1.29 is 13.2 Å². The van der Waals surface area contributed by atoms with Crippen molar-refractivity contribution in [2.45, 2.75) is 17.6 Å². The molecule has 0 aromatic heterocycles. The average molecular weight is 350 g/mol. The predicted molar refractivity (Wildman–Crippen MR) is 93.8 cm³/mol. The van der Waals surface area contributed by atoms with E-state index in [1.54, 1.807) is 0 Å². The Morgan fingerprint density at radius 1 is 1.09 bits per heavy atom. The monoisotopic (exact) mass is 350 g/mol. The number of aryl methyl sites for hydroxylation is 1. The number of carbonyl (C=O) groups is 1. The lowest BCUT2D eigenvalue weighted by atomic mass is 10.2. The van der Waals surface area contributed by atoms with E-state index in [1.165, 1.54) is 47.2 Å². The molecule has 0 spiro atoms. The van der Waals surface area contributed by atoms with Crippen molar-refractivity contribution >= 4 is 33.4 Å². The molecule has 23 heavy (non-hydrogen) atoms. The third kappa shape index (κ3) is 5.70. The molecule has 5 nitrogen and oxygen atoms in total. The molecule has 0 atom stereocenters. The summed E-state index contributed by atoms with van der Waals surface area (Å²) in [5.74, 6) is 0.952. The summed E-state index contributed by atoms with van der Waals surface area (Å²) >= 11 is 1.52. The van der Waals surface area contributed by atoms with Gasteiger partial charge in [-0.05, 0) is 36.8 Å². The fourth-order valence-corrected chi connectivity index (χ4v) is 3.17. The summed E-state index contributed by atoms with van der Waals surface area (Å²) in [5, 5.41) is 7.74. The summed E-state index contributed by atoms with van der Waals surface area (Å²) in [6.45, 7) is 2.03. The smallest absolute Gasteiger partial charge is 0.238 e. The molecule has 0 bridgehead atoms. The molecule has 0 unspecified atom stereocenters. The van der Waals surface area contributed by atoms with Gasteiger partial charge < -0.3 is 5.32 Å². The van der Waals surface area contributed by atoms with Crippen molar-refractivity contribution in [2.75, 3.05) is 11.1 Å². The number of amides is 1. The topological polar surface area (TPSA) is 89.3 Å². The van der Waals surface area contributed by atoms with Gasteiger partial charge in [-0.3, -0.25) is 4.79 Å². The van der Waals surface area contributed by atoms with Crippen LogP contribution in [0, 0.1) is 6.92 Å². The number of primary sulfonamides is 1. The van der Waals surface area contributed by atoms with Gasteiger partial charge in [-0.15, -0.1) is 11.8 Å². The van der Waals surface area contributed by atoms with Crippen LogP contribution in [0.4, 0.5) is 5.69 Å². The standard InChI is InChI=1S/C16H18N2O3S2/c1-12-2-4-13(5-3-12)10-22-11-16(19)18-14-6-8-15(9-7-14)23(17,20)21/h2-9H,10-11H2,1H3,(H,18,19)(H2,17,20,21). The molecule has 0 aliphatic heterocycles. The van der Waals surface area contributed by atoms with Crippen LogP contribution in [0.25, 0.3) is 0 Å². The number of anilines is 1. The van der Waals surface area contributed by atoms with Gasteiger partial charge in [0.2, 0.25) is 15.9 Å². The zero-order valence-electron chi connectivity index (χ0n) is 12.7. The van der Waals surface area contributed by atoms with E-state index in [9.17, 15) is 13.2 Å². The van der Waals surface area contributed by atoms with Gasteiger partial charge in [0.25, 0.3) is 0 Å². The largest absolute Gasteiger partial charge is 0.325 e. The van der Waals surface area contributed by atoms with Gasteiger partial charge in [-0.1, -0.05) is 29.8 Å². The van der Waals surface area contributed by atoms with Crippen LogP contribution >= 0.6 is 11.8 Å². The molecule has 7 heteroatoms. The number of sulfonamides is 1. The van der Waals surface area contributed by atoms with Gasteiger partial charge >= 0.3 is 0 Å². The summed E-state index contributed by atoms with van der Waals surface area (Å²) in [6.07, 6.45) is 0. The minimum Gasteiger partial charge on any atom is -0.325 e. The molecule has 3 N–H and O–H groups in total. The van der Waals surface area contributed by atoms with Gasteiger partial charge in [-0.25, -0.2) is 13.6 Å². The van der Waals surface area contributed by atoms with E-state index in [2.05, 4.69) is 5.32 Å². The highest BCUT2D eigenvalue weighted by Gasteiger charge is 2.08. The van der Waals surface area contributed by atoms with Crippen molar-refractivity contribution in [3.05, 3.63) is 59.7 Å². The highest BCUT2D eigenvalue weighted by atomic mass is 32.2. The lowest BCUT2D eigenvalue weighted by Gasteiger charge is -2.06.